The second-order valence-corrected chi connectivity index (χ2v) is 8.54. The van der Waals surface area contributed by atoms with Gasteiger partial charge in [-0.05, 0) is 61.9 Å². The van der Waals surface area contributed by atoms with E-state index >= 15 is 0 Å². The molecule has 3 unspecified atom stereocenters. The highest BCUT2D eigenvalue weighted by atomic mass is 16.5. The number of amides is 1. The maximum Gasteiger partial charge on any atom is 0.276 e. The maximum atomic E-state index is 12.6. The van der Waals surface area contributed by atoms with Crippen molar-refractivity contribution in [3.8, 4) is 0 Å². The molecule has 4 rings (SSSR count). The molecule has 2 fully saturated rings. The average Bonchev–Trinajstić information content (AvgIpc) is 3.24. The Hall–Kier alpha value is -2.18. The highest BCUT2D eigenvalue weighted by molar-refractivity contribution is 6.02. The third-order valence-electron chi connectivity index (χ3n) is 6.04. The van der Waals surface area contributed by atoms with Crippen LogP contribution in [-0.4, -0.2) is 34.9 Å². The molecule has 6 nitrogen and oxygen atoms in total. The first-order chi connectivity index (χ1) is 14.2. The number of hydrogen-bond acceptors (Lipinski definition) is 4. The van der Waals surface area contributed by atoms with Crippen molar-refractivity contribution in [1.82, 2.24) is 15.1 Å². The van der Waals surface area contributed by atoms with Crippen LogP contribution >= 0.6 is 0 Å². The monoisotopic (exact) mass is 396 g/mol. The van der Waals surface area contributed by atoms with Crippen molar-refractivity contribution in [3.05, 3.63) is 47.8 Å². The molecule has 1 saturated carbocycles. The Morgan fingerprint density at radius 3 is 3.03 bits per heavy atom. The van der Waals surface area contributed by atoms with Gasteiger partial charge >= 0.3 is 0 Å². The number of ether oxygens (including phenoxy) is 1. The van der Waals surface area contributed by atoms with Crippen LogP contribution in [0.25, 0.3) is 0 Å². The standard InChI is InChI=1S/C23H32N4O2/c1-17-5-2-9-21(13-17)29-16-18-6-3-7-19(14-18)25-23(28)22-10-12-27(26-22)20-8-4-11-24-15-20/h3,6-7,10,12,14,17,20-21,24H,2,4-5,8-9,11,13,15-16H2,1H3,(H,25,28). The Labute approximate surface area is 173 Å². The Morgan fingerprint density at radius 1 is 1.28 bits per heavy atom. The summed E-state index contributed by atoms with van der Waals surface area (Å²) in [5.41, 5.74) is 2.32. The van der Waals surface area contributed by atoms with E-state index in [-0.39, 0.29) is 5.91 Å². The minimum absolute atomic E-state index is 0.174. The van der Waals surface area contributed by atoms with Crippen molar-refractivity contribution in [2.45, 2.75) is 64.2 Å². The molecule has 1 aliphatic carbocycles. The van der Waals surface area contributed by atoms with Crippen molar-refractivity contribution >= 4 is 11.6 Å². The molecule has 0 spiro atoms. The lowest BCUT2D eigenvalue weighted by Gasteiger charge is -2.26. The van der Waals surface area contributed by atoms with Crippen LogP contribution in [0.1, 0.15) is 67.5 Å². The summed E-state index contributed by atoms with van der Waals surface area (Å²) in [7, 11) is 0. The Morgan fingerprint density at radius 2 is 2.21 bits per heavy atom. The van der Waals surface area contributed by atoms with Crippen LogP contribution in [0.4, 0.5) is 5.69 Å². The SMILES string of the molecule is CC1CCCC(OCc2cccc(NC(=O)c3ccn(C4CCCNC4)n3)c2)C1. The highest BCUT2D eigenvalue weighted by Gasteiger charge is 2.20. The van der Waals surface area contributed by atoms with Gasteiger partial charge < -0.3 is 15.4 Å². The zero-order chi connectivity index (χ0) is 20.1. The number of benzene rings is 1. The molecule has 156 valence electrons. The Balaban J connectivity index is 1.32. The fourth-order valence-electron chi connectivity index (χ4n) is 4.40. The predicted octanol–water partition coefficient (Wildman–Crippen LogP) is 4.16. The van der Waals surface area contributed by atoms with E-state index < -0.39 is 0 Å². The van der Waals surface area contributed by atoms with E-state index in [1.807, 2.05) is 35.1 Å². The van der Waals surface area contributed by atoms with Crippen LogP contribution in [0.15, 0.2) is 36.5 Å². The van der Waals surface area contributed by atoms with Crippen LogP contribution < -0.4 is 10.6 Å². The summed E-state index contributed by atoms with van der Waals surface area (Å²) in [5.74, 6) is 0.579. The van der Waals surface area contributed by atoms with Gasteiger partial charge in [-0.15, -0.1) is 0 Å². The maximum absolute atomic E-state index is 12.6. The van der Waals surface area contributed by atoms with E-state index in [0.717, 1.165) is 55.9 Å². The van der Waals surface area contributed by atoms with E-state index in [0.29, 0.717) is 24.4 Å². The van der Waals surface area contributed by atoms with Gasteiger partial charge in [-0.25, -0.2) is 0 Å². The van der Waals surface area contributed by atoms with Crippen molar-refractivity contribution < 1.29 is 9.53 Å². The van der Waals surface area contributed by atoms with E-state index in [4.69, 9.17) is 4.74 Å². The van der Waals surface area contributed by atoms with Gasteiger partial charge in [0.1, 0.15) is 0 Å². The van der Waals surface area contributed by atoms with Gasteiger partial charge in [0, 0.05) is 18.4 Å². The lowest BCUT2D eigenvalue weighted by Crippen LogP contribution is -2.32. The van der Waals surface area contributed by atoms with Gasteiger partial charge in [0.25, 0.3) is 5.91 Å². The molecule has 29 heavy (non-hydrogen) atoms. The fraction of sp³-hybridized carbons (Fsp3) is 0.565. The van der Waals surface area contributed by atoms with E-state index in [1.54, 1.807) is 6.07 Å². The summed E-state index contributed by atoms with van der Waals surface area (Å²) in [6.45, 7) is 4.86. The number of carbonyl (C=O) groups excluding carboxylic acids is 1. The molecule has 1 aliphatic heterocycles. The Bertz CT molecular complexity index is 813. The summed E-state index contributed by atoms with van der Waals surface area (Å²) in [5, 5.41) is 10.9. The first-order valence-corrected chi connectivity index (χ1v) is 10.9. The molecule has 2 heterocycles. The molecule has 0 radical (unpaired) electrons. The third kappa shape index (κ3) is 5.46. The minimum atomic E-state index is -0.174. The van der Waals surface area contributed by atoms with Gasteiger partial charge in [0.2, 0.25) is 0 Å². The number of nitrogens with one attached hydrogen (secondary N) is 2. The fourth-order valence-corrected chi connectivity index (χ4v) is 4.40. The quantitative estimate of drug-likeness (QED) is 0.769. The molecule has 2 N–H and O–H groups in total. The van der Waals surface area contributed by atoms with Crippen LogP contribution in [0, 0.1) is 5.92 Å². The van der Waals surface area contributed by atoms with Crippen LogP contribution in [0.5, 0.6) is 0 Å². The number of aromatic nitrogens is 2. The summed E-state index contributed by atoms with van der Waals surface area (Å²) in [4.78, 5) is 12.6. The minimum Gasteiger partial charge on any atom is -0.374 e. The molecule has 1 amide bonds. The second-order valence-electron chi connectivity index (χ2n) is 8.54. The van der Waals surface area contributed by atoms with Gasteiger partial charge in [-0.2, -0.15) is 5.10 Å². The Kier molecular flexibility index (Phi) is 6.62. The van der Waals surface area contributed by atoms with Crippen LogP contribution in [-0.2, 0) is 11.3 Å². The molecular formula is C23H32N4O2. The zero-order valence-electron chi connectivity index (χ0n) is 17.3. The predicted molar refractivity (Wildman–Crippen MR) is 114 cm³/mol. The average molecular weight is 397 g/mol. The smallest absolute Gasteiger partial charge is 0.276 e. The summed E-state index contributed by atoms with van der Waals surface area (Å²) >= 11 is 0. The van der Waals surface area contributed by atoms with Crippen LogP contribution in [0.3, 0.4) is 0 Å². The second kappa shape index (κ2) is 9.55. The summed E-state index contributed by atoms with van der Waals surface area (Å²) in [6, 6.07) is 10.0. The molecule has 2 aromatic rings. The van der Waals surface area contributed by atoms with E-state index in [2.05, 4.69) is 22.7 Å². The van der Waals surface area contributed by atoms with Gasteiger partial charge in [0.15, 0.2) is 5.69 Å². The molecule has 2 aliphatic rings. The third-order valence-corrected chi connectivity index (χ3v) is 6.04. The van der Waals surface area contributed by atoms with Crippen LogP contribution in [0.2, 0.25) is 0 Å². The normalized spacial score (nSPS) is 24.9. The zero-order valence-corrected chi connectivity index (χ0v) is 17.3. The van der Waals surface area contributed by atoms with E-state index in [9.17, 15) is 4.79 Å². The number of carbonyl (C=O) groups is 1. The first-order valence-electron chi connectivity index (χ1n) is 10.9. The van der Waals surface area contributed by atoms with Gasteiger partial charge in [-0.3, -0.25) is 9.48 Å². The number of piperidine rings is 1. The van der Waals surface area contributed by atoms with Crippen molar-refractivity contribution in [2.75, 3.05) is 18.4 Å². The highest BCUT2D eigenvalue weighted by Crippen LogP contribution is 2.26. The summed E-state index contributed by atoms with van der Waals surface area (Å²) in [6.07, 6.45) is 9.37. The first kappa shape index (κ1) is 20.1. The molecule has 1 aromatic carbocycles. The lowest BCUT2D eigenvalue weighted by molar-refractivity contribution is 0.00468. The number of nitrogens with zero attached hydrogens (tertiary/aromatic N) is 2. The van der Waals surface area contributed by atoms with Crippen molar-refractivity contribution in [1.29, 1.82) is 0 Å². The lowest BCUT2D eigenvalue weighted by atomic mass is 9.89. The molecule has 1 aromatic heterocycles. The largest absolute Gasteiger partial charge is 0.374 e. The van der Waals surface area contributed by atoms with Gasteiger partial charge in [-0.1, -0.05) is 31.9 Å². The molecule has 3 atom stereocenters. The molecule has 1 saturated heterocycles. The molecule has 6 heteroatoms. The topological polar surface area (TPSA) is 68.2 Å². The van der Waals surface area contributed by atoms with Crippen molar-refractivity contribution in [3.63, 3.8) is 0 Å². The number of rotatable bonds is 6. The molecule has 0 bridgehead atoms. The summed E-state index contributed by atoms with van der Waals surface area (Å²) < 4.78 is 8.03. The molecular weight excluding hydrogens is 364 g/mol. The van der Waals surface area contributed by atoms with E-state index in [1.165, 1.54) is 12.8 Å². The number of hydrogen-bond donors (Lipinski definition) is 2. The number of anilines is 1. The van der Waals surface area contributed by atoms with Gasteiger partial charge in [0.05, 0.1) is 18.8 Å². The van der Waals surface area contributed by atoms with Crippen molar-refractivity contribution in [2.24, 2.45) is 5.92 Å².